The minimum absolute atomic E-state index is 0.0313. The first-order chi connectivity index (χ1) is 21.8. The average Bonchev–Trinajstić information content (AvgIpc) is 3.36. The van der Waals surface area contributed by atoms with E-state index in [0.29, 0.717) is 48.9 Å². The highest BCUT2D eigenvalue weighted by molar-refractivity contribution is 5.92. The third kappa shape index (κ3) is 4.81. The smallest absolute Gasteiger partial charge is 0.319 e. The summed E-state index contributed by atoms with van der Waals surface area (Å²) in [5.41, 5.74) is 5.85. The number of ether oxygens (including phenoxy) is 1. The van der Waals surface area contributed by atoms with E-state index < -0.39 is 23.9 Å². The van der Waals surface area contributed by atoms with Gasteiger partial charge in [0.2, 0.25) is 0 Å². The van der Waals surface area contributed by atoms with Crippen LogP contribution in [0.15, 0.2) is 42.9 Å². The molecular weight excluding hydrogens is 576 g/mol. The summed E-state index contributed by atoms with van der Waals surface area (Å²) in [5, 5.41) is 9.51. The van der Waals surface area contributed by atoms with Crippen molar-refractivity contribution in [3.63, 3.8) is 0 Å². The fraction of sp³-hybridized carbons (Fsp3) is 0.500. The lowest BCUT2D eigenvalue weighted by molar-refractivity contribution is -0.131. The van der Waals surface area contributed by atoms with E-state index in [2.05, 4.69) is 35.7 Å². The molecule has 45 heavy (non-hydrogen) atoms. The molecule has 11 heteroatoms. The van der Waals surface area contributed by atoms with E-state index in [-0.39, 0.29) is 31.1 Å². The Balaban J connectivity index is 1.17. The Hall–Kier alpha value is -4.17. The van der Waals surface area contributed by atoms with Crippen molar-refractivity contribution < 1.29 is 18.3 Å². The van der Waals surface area contributed by atoms with E-state index >= 15 is 0 Å². The van der Waals surface area contributed by atoms with Crippen LogP contribution in [-0.2, 0) is 11.2 Å². The number of piperazine rings is 1. The van der Waals surface area contributed by atoms with Crippen molar-refractivity contribution in [1.82, 2.24) is 24.8 Å². The summed E-state index contributed by atoms with van der Waals surface area (Å²) >= 11 is 0. The molecule has 4 fully saturated rings. The molecule has 3 aliphatic heterocycles. The van der Waals surface area contributed by atoms with Crippen molar-refractivity contribution in [1.29, 1.82) is 5.26 Å². The van der Waals surface area contributed by atoms with Gasteiger partial charge in [-0.3, -0.25) is 14.7 Å². The van der Waals surface area contributed by atoms with E-state index in [0.717, 1.165) is 37.3 Å². The van der Waals surface area contributed by atoms with Crippen molar-refractivity contribution in [2.75, 3.05) is 44.2 Å². The van der Waals surface area contributed by atoms with Crippen LogP contribution in [0, 0.1) is 17.2 Å². The maximum atomic E-state index is 14.5. The standard InChI is InChI=1S/C34H35F2N7O2/c1-20(35)32(44)43-11-10-41(18-25(43)6-8-37)31-30-28(39-33(40-31)45-19-34-7-3-9-42(34)17-24(36)15-34)14-23(16-38-30)26-5-2-4-21-12-22-13-27(22)29(21)26/h2,4-5,14,16,22,24-25,27H,1,3,6-7,9-13,15,17-19H2/t22?,24-,25+,27?,34?/m1/s1. The highest BCUT2D eigenvalue weighted by atomic mass is 19.1. The van der Waals surface area contributed by atoms with Gasteiger partial charge in [-0.1, -0.05) is 24.8 Å². The number of nitrogens with zero attached hydrogens (tertiary/aromatic N) is 7. The number of halogens is 2. The zero-order valence-electron chi connectivity index (χ0n) is 25.1. The Bertz CT molecular complexity index is 1760. The number of amides is 1. The van der Waals surface area contributed by atoms with Crippen molar-refractivity contribution in [2.24, 2.45) is 5.92 Å². The lowest BCUT2D eigenvalue weighted by atomic mass is 9.95. The van der Waals surface area contributed by atoms with Crippen LogP contribution in [0.25, 0.3) is 22.2 Å². The second-order valence-corrected chi connectivity index (χ2v) is 13.3. The molecule has 9 nitrogen and oxygen atoms in total. The number of aromatic nitrogens is 3. The highest BCUT2D eigenvalue weighted by Gasteiger charge is 2.49. The van der Waals surface area contributed by atoms with Crippen molar-refractivity contribution in [3.05, 3.63) is 54.0 Å². The number of rotatable bonds is 7. The van der Waals surface area contributed by atoms with Crippen LogP contribution < -0.4 is 9.64 Å². The van der Waals surface area contributed by atoms with Crippen molar-refractivity contribution in [3.8, 4) is 23.2 Å². The molecule has 1 saturated carbocycles. The first kappa shape index (κ1) is 28.3. The molecule has 2 aromatic heterocycles. The molecule has 8 rings (SSSR count). The quantitative estimate of drug-likeness (QED) is 0.354. The summed E-state index contributed by atoms with van der Waals surface area (Å²) in [5.74, 6) is 0.0513. The third-order valence-electron chi connectivity index (χ3n) is 10.6. The van der Waals surface area contributed by atoms with Crippen molar-refractivity contribution in [2.45, 2.75) is 62.2 Å². The SMILES string of the molecule is C=C(F)C(=O)N1CCN(c2nc(OCC34CCCN3C[C@H](F)C4)nc3cc(-c4cccc5c4C4CC4C5)cnc23)C[C@@H]1CC#N. The Kier molecular flexibility index (Phi) is 6.75. The van der Waals surface area contributed by atoms with Crippen molar-refractivity contribution >= 4 is 22.8 Å². The van der Waals surface area contributed by atoms with Gasteiger partial charge in [-0.05, 0) is 66.8 Å². The van der Waals surface area contributed by atoms with Crippen LogP contribution in [0.3, 0.4) is 0 Å². The van der Waals surface area contributed by atoms with Gasteiger partial charge in [-0.15, -0.1) is 0 Å². The summed E-state index contributed by atoms with van der Waals surface area (Å²) in [6.07, 6.45) is 5.71. The molecule has 3 aromatic rings. The van der Waals surface area contributed by atoms with E-state index in [1.165, 1.54) is 28.0 Å². The van der Waals surface area contributed by atoms with Gasteiger partial charge in [-0.2, -0.15) is 15.2 Å². The van der Waals surface area contributed by atoms with Crippen LogP contribution in [-0.4, -0.2) is 87.7 Å². The van der Waals surface area contributed by atoms with E-state index in [4.69, 9.17) is 19.7 Å². The largest absolute Gasteiger partial charge is 0.461 e. The van der Waals surface area contributed by atoms with Gasteiger partial charge in [0.1, 0.15) is 18.3 Å². The number of hydrogen-bond donors (Lipinski definition) is 0. The third-order valence-corrected chi connectivity index (χ3v) is 10.6. The summed E-state index contributed by atoms with van der Waals surface area (Å²) in [6, 6.07) is 10.3. The number of pyridine rings is 1. The molecule has 5 heterocycles. The fourth-order valence-electron chi connectivity index (χ4n) is 8.40. The van der Waals surface area contributed by atoms with Crippen LogP contribution in [0.1, 0.15) is 49.1 Å². The van der Waals surface area contributed by atoms with E-state index in [9.17, 15) is 18.8 Å². The number of alkyl halides is 1. The topological polar surface area (TPSA) is 98.5 Å². The van der Waals surface area contributed by atoms with Crippen LogP contribution in [0.5, 0.6) is 6.01 Å². The van der Waals surface area contributed by atoms with Crippen LogP contribution in [0.4, 0.5) is 14.6 Å². The second-order valence-electron chi connectivity index (χ2n) is 13.3. The number of nitriles is 1. The summed E-state index contributed by atoms with van der Waals surface area (Å²) in [6.45, 7) is 5.56. The maximum Gasteiger partial charge on any atom is 0.319 e. The van der Waals surface area contributed by atoms with Gasteiger partial charge in [0.05, 0.1) is 29.6 Å². The molecule has 5 aliphatic rings. The number of benzene rings is 1. The number of hydrogen-bond acceptors (Lipinski definition) is 8. The van der Waals surface area contributed by atoms with Crippen LogP contribution in [0.2, 0.25) is 0 Å². The molecule has 1 aromatic carbocycles. The Labute approximate surface area is 260 Å². The number of anilines is 1. The Morgan fingerprint density at radius 3 is 2.96 bits per heavy atom. The molecule has 2 aliphatic carbocycles. The number of fused-ring (bicyclic) bond motifs is 5. The van der Waals surface area contributed by atoms with E-state index in [1.54, 1.807) is 0 Å². The lowest BCUT2D eigenvalue weighted by Crippen LogP contribution is -2.55. The average molecular weight is 612 g/mol. The van der Waals surface area contributed by atoms with Crippen LogP contribution >= 0.6 is 0 Å². The molecule has 0 bridgehead atoms. The monoisotopic (exact) mass is 611 g/mol. The van der Waals surface area contributed by atoms with Gasteiger partial charge >= 0.3 is 6.01 Å². The number of carbonyl (C=O) groups excluding carboxylic acids is 1. The molecule has 0 N–H and O–H groups in total. The number of carbonyl (C=O) groups is 1. The lowest BCUT2D eigenvalue weighted by Gasteiger charge is -2.41. The predicted octanol–water partition coefficient (Wildman–Crippen LogP) is 4.72. The predicted molar refractivity (Wildman–Crippen MR) is 164 cm³/mol. The summed E-state index contributed by atoms with van der Waals surface area (Å²) in [7, 11) is 0. The molecule has 232 valence electrons. The minimum Gasteiger partial charge on any atom is -0.461 e. The highest BCUT2D eigenvalue weighted by Crippen LogP contribution is 2.58. The zero-order valence-corrected chi connectivity index (χ0v) is 25.1. The Morgan fingerprint density at radius 2 is 2.11 bits per heavy atom. The molecule has 3 saturated heterocycles. The summed E-state index contributed by atoms with van der Waals surface area (Å²) < 4.78 is 34.6. The Morgan fingerprint density at radius 1 is 1.22 bits per heavy atom. The molecule has 0 spiro atoms. The summed E-state index contributed by atoms with van der Waals surface area (Å²) in [4.78, 5) is 32.6. The second kappa shape index (κ2) is 10.7. The van der Waals surface area contributed by atoms with Gasteiger partial charge < -0.3 is 14.5 Å². The van der Waals surface area contributed by atoms with Gasteiger partial charge in [0.25, 0.3) is 5.91 Å². The first-order valence-corrected chi connectivity index (χ1v) is 15.9. The normalized spacial score (nSPS) is 28.5. The zero-order chi connectivity index (χ0) is 30.9. The molecular formula is C34H35F2N7O2. The molecule has 0 radical (unpaired) electrons. The minimum atomic E-state index is -1.04. The van der Waals surface area contributed by atoms with Gasteiger partial charge in [-0.25, -0.2) is 8.78 Å². The first-order valence-electron chi connectivity index (χ1n) is 15.9. The van der Waals surface area contributed by atoms with Gasteiger partial charge in [0, 0.05) is 44.4 Å². The molecule has 5 atom stereocenters. The molecule has 1 amide bonds. The van der Waals surface area contributed by atoms with E-state index in [1.807, 2.05) is 17.2 Å². The van der Waals surface area contributed by atoms with Gasteiger partial charge in [0.15, 0.2) is 11.6 Å². The molecule has 3 unspecified atom stereocenters. The fourth-order valence-corrected chi connectivity index (χ4v) is 8.40. The maximum absolute atomic E-state index is 14.5.